The van der Waals surface area contributed by atoms with Crippen LogP contribution in [0.25, 0.3) is 0 Å². The van der Waals surface area contributed by atoms with Gasteiger partial charge in [-0.05, 0) is 43.0 Å². The smallest absolute Gasteiger partial charge is 0.290 e. The highest BCUT2D eigenvalue weighted by Crippen LogP contribution is 2.17. The minimum atomic E-state index is -1.03. The maximum absolute atomic E-state index is 12.2. The van der Waals surface area contributed by atoms with Gasteiger partial charge < -0.3 is 0 Å². The van der Waals surface area contributed by atoms with Crippen LogP contribution < -0.4 is 0 Å². The van der Waals surface area contributed by atoms with Gasteiger partial charge >= 0.3 is 11.9 Å². The summed E-state index contributed by atoms with van der Waals surface area (Å²) in [4.78, 5) is 44.6. The second kappa shape index (κ2) is 10.6. The summed E-state index contributed by atoms with van der Waals surface area (Å²) in [7, 11) is 0. The summed E-state index contributed by atoms with van der Waals surface area (Å²) in [5.41, 5.74) is 2.31. The molecule has 28 heavy (non-hydrogen) atoms. The van der Waals surface area contributed by atoms with E-state index >= 15 is 0 Å². The van der Waals surface area contributed by atoms with Crippen molar-refractivity contribution in [3.8, 4) is 0 Å². The van der Waals surface area contributed by atoms with E-state index in [0.717, 1.165) is 17.5 Å². The summed E-state index contributed by atoms with van der Waals surface area (Å²) in [5, 5.41) is 0. The summed E-state index contributed by atoms with van der Waals surface area (Å²) in [6.07, 6.45) is 0.218. The number of aryl methyl sites for hydroxylation is 2. The van der Waals surface area contributed by atoms with E-state index in [-0.39, 0.29) is 5.92 Å². The molecule has 0 N–H and O–H groups in total. The van der Waals surface area contributed by atoms with Gasteiger partial charge in [0.1, 0.15) is 0 Å². The quantitative estimate of drug-likeness (QED) is 0.345. The molecule has 2 rings (SSSR count). The molecule has 0 heterocycles. The highest BCUT2D eigenvalue weighted by molar-refractivity contribution is 5.91. The third-order valence-electron chi connectivity index (χ3n) is 4.48. The Morgan fingerprint density at radius 2 is 1.25 bits per heavy atom. The minimum Gasteiger partial charge on any atom is -0.290 e. The molecule has 2 aromatic rings. The van der Waals surface area contributed by atoms with Gasteiger partial charge in [-0.3, -0.25) is 9.78 Å². The van der Waals surface area contributed by atoms with Crippen molar-refractivity contribution >= 4 is 11.9 Å². The van der Waals surface area contributed by atoms with E-state index in [0.29, 0.717) is 17.5 Å². The second-order valence-electron chi connectivity index (χ2n) is 6.74. The van der Waals surface area contributed by atoms with Crippen molar-refractivity contribution in [3.05, 3.63) is 70.8 Å². The Morgan fingerprint density at radius 1 is 0.821 bits per heavy atom. The highest BCUT2D eigenvalue weighted by Gasteiger charge is 2.22. The van der Waals surface area contributed by atoms with Crippen LogP contribution in [0.5, 0.6) is 0 Å². The number of benzene rings is 2. The number of hydrogen-bond donors (Lipinski definition) is 0. The largest absolute Gasteiger partial charge is 0.373 e. The first-order valence-corrected chi connectivity index (χ1v) is 9.29. The van der Waals surface area contributed by atoms with E-state index in [2.05, 4.69) is 0 Å². The predicted molar refractivity (Wildman–Crippen MR) is 103 cm³/mol. The summed E-state index contributed by atoms with van der Waals surface area (Å²) in [5.74, 6) is -1.07. The summed E-state index contributed by atoms with van der Waals surface area (Å²) < 4.78 is 0. The summed E-state index contributed by atoms with van der Waals surface area (Å²) >= 11 is 0. The van der Waals surface area contributed by atoms with Gasteiger partial charge in [0.2, 0.25) is 6.29 Å². The van der Waals surface area contributed by atoms with Gasteiger partial charge in [0.05, 0.1) is 11.1 Å². The Morgan fingerprint density at radius 3 is 1.64 bits per heavy atom. The van der Waals surface area contributed by atoms with Gasteiger partial charge in [-0.25, -0.2) is 9.59 Å². The molecule has 6 heteroatoms. The maximum atomic E-state index is 12.2. The molecule has 0 aliphatic rings. The van der Waals surface area contributed by atoms with Crippen molar-refractivity contribution in [2.45, 2.75) is 46.8 Å². The zero-order valence-electron chi connectivity index (χ0n) is 16.6. The molecular formula is C22H26O6. The van der Waals surface area contributed by atoms with E-state index in [1.165, 1.54) is 0 Å². The van der Waals surface area contributed by atoms with Crippen LogP contribution in [0.2, 0.25) is 0 Å². The minimum absolute atomic E-state index is 0.208. The average molecular weight is 386 g/mol. The molecule has 0 spiro atoms. The molecule has 1 atom stereocenters. The molecule has 0 saturated heterocycles. The molecular weight excluding hydrogens is 360 g/mol. The van der Waals surface area contributed by atoms with Crippen LogP contribution in [-0.4, -0.2) is 18.2 Å². The zero-order chi connectivity index (χ0) is 20.5. The third kappa shape index (κ3) is 6.18. The molecule has 0 fully saturated rings. The van der Waals surface area contributed by atoms with E-state index in [1.807, 2.05) is 26.0 Å². The predicted octanol–water partition coefficient (Wildman–Crippen LogP) is 4.94. The normalized spacial score (nSPS) is 11.9. The molecule has 150 valence electrons. The van der Waals surface area contributed by atoms with Gasteiger partial charge in [-0.15, -0.1) is 9.78 Å². The highest BCUT2D eigenvalue weighted by atomic mass is 17.3. The lowest BCUT2D eigenvalue weighted by molar-refractivity contribution is -0.423. The summed E-state index contributed by atoms with van der Waals surface area (Å²) in [6, 6.07) is 14.0. The molecule has 0 bridgehead atoms. The molecule has 6 nitrogen and oxygen atoms in total. The van der Waals surface area contributed by atoms with Crippen molar-refractivity contribution < 1.29 is 29.1 Å². The van der Waals surface area contributed by atoms with Crippen molar-refractivity contribution in [1.82, 2.24) is 0 Å². The monoisotopic (exact) mass is 386 g/mol. The van der Waals surface area contributed by atoms with Gasteiger partial charge in [-0.1, -0.05) is 56.7 Å². The first-order chi connectivity index (χ1) is 13.4. The van der Waals surface area contributed by atoms with E-state index in [1.54, 1.807) is 50.2 Å². The standard InChI is InChI=1S/C22H26O6/c1-5-15(2)14-20(25-27-21(23)18-12-8-6-10-16(18)3)26-28-22(24)19-13-9-7-11-17(19)4/h6-13,15,20H,5,14H2,1-4H3. The first kappa shape index (κ1) is 21.6. The van der Waals surface area contributed by atoms with Crippen molar-refractivity contribution in [2.75, 3.05) is 0 Å². The SMILES string of the molecule is CCC(C)CC(OOC(=O)c1ccccc1C)OOC(=O)c1ccccc1C. The molecule has 0 aliphatic carbocycles. The molecule has 2 aromatic carbocycles. The van der Waals surface area contributed by atoms with Gasteiger partial charge in [0.15, 0.2) is 0 Å². The number of carbonyl (C=O) groups excluding carboxylic acids is 2. The topological polar surface area (TPSA) is 71.1 Å². The van der Waals surface area contributed by atoms with Crippen LogP contribution in [0.1, 0.15) is 58.5 Å². The lowest BCUT2D eigenvalue weighted by Crippen LogP contribution is -2.24. The Bertz CT molecular complexity index is 740. The van der Waals surface area contributed by atoms with Crippen LogP contribution in [0.3, 0.4) is 0 Å². The van der Waals surface area contributed by atoms with E-state index in [9.17, 15) is 9.59 Å². The Kier molecular flexibility index (Phi) is 8.17. The second-order valence-corrected chi connectivity index (χ2v) is 6.74. The van der Waals surface area contributed by atoms with Crippen molar-refractivity contribution in [2.24, 2.45) is 5.92 Å². The maximum Gasteiger partial charge on any atom is 0.373 e. The number of carbonyl (C=O) groups is 2. The fraction of sp³-hybridized carbons (Fsp3) is 0.364. The Labute approximate surface area is 165 Å². The fourth-order valence-electron chi connectivity index (χ4n) is 2.48. The van der Waals surface area contributed by atoms with E-state index < -0.39 is 18.2 Å². The van der Waals surface area contributed by atoms with Crippen molar-refractivity contribution in [3.63, 3.8) is 0 Å². The molecule has 0 radical (unpaired) electrons. The van der Waals surface area contributed by atoms with Crippen LogP contribution >= 0.6 is 0 Å². The van der Waals surface area contributed by atoms with Crippen LogP contribution in [0.4, 0.5) is 0 Å². The van der Waals surface area contributed by atoms with Gasteiger partial charge in [-0.2, -0.15) is 0 Å². The zero-order valence-corrected chi connectivity index (χ0v) is 16.6. The van der Waals surface area contributed by atoms with Gasteiger partial charge in [0, 0.05) is 6.42 Å². The fourth-order valence-corrected chi connectivity index (χ4v) is 2.48. The van der Waals surface area contributed by atoms with E-state index in [4.69, 9.17) is 19.6 Å². The Balaban J connectivity index is 1.97. The van der Waals surface area contributed by atoms with Crippen LogP contribution in [0.15, 0.2) is 48.5 Å². The van der Waals surface area contributed by atoms with Gasteiger partial charge in [0.25, 0.3) is 0 Å². The van der Waals surface area contributed by atoms with Crippen molar-refractivity contribution in [1.29, 1.82) is 0 Å². The molecule has 0 amide bonds. The Hall–Kier alpha value is -2.70. The number of rotatable bonds is 9. The molecule has 0 aliphatic heterocycles. The molecule has 0 aromatic heterocycles. The molecule has 1 unspecified atom stereocenters. The average Bonchev–Trinajstić information content (AvgIpc) is 2.70. The van der Waals surface area contributed by atoms with Crippen LogP contribution in [0, 0.1) is 19.8 Å². The lowest BCUT2D eigenvalue weighted by Gasteiger charge is -2.18. The third-order valence-corrected chi connectivity index (χ3v) is 4.48. The summed E-state index contributed by atoms with van der Waals surface area (Å²) in [6.45, 7) is 7.61. The molecule has 0 saturated carbocycles. The van der Waals surface area contributed by atoms with Crippen LogP contribution in [-0.2, 0) is 19.6 Å². The number of hydrogen-bond acceptors (Lipinski definition) is 6. The lowest BCUT2D eigenvalue weighted by atomic mass is 10.1. The first-order valence-electron chi connectivity index (χ1n) is 9.29.